The second-order valence-corrected chi connectivity index (χ2v) is 6.12. The van der Waals surface area contributed by atoms with Gasteiger partial charge in [0.2, 0.25) is 17.6 Å². The summed E-state index contributed by atoms with van der Waals surface area (Å²) in [7, 11) is 1.27. The number of carbonyl (C=O) groups excluding carboxylic acids is 2. The third-order valence-electron chi connectivity index (χ3n) is 3.28. The van der Waals surface area contributed by atoms with Crippen LogP contribution >= 0.6 is 11.6 Å². The van der Waals surface area contributed by atoms with Crippen molar-refractivity contribution in [2.75, 3.05) is 7.11 Å². The standard InChI is InChI=1S/C16H18ClN3O4/c1-16(2,15(22)23-3)19-12(21)8-9-13-18-14(20-24-13)10-4-6-11(17)7-5-10/h4-7H,8-9H2,1-3H3,(H,19,21). The lowest BCUT2D eigenvalue weighted by atomic mass is 10.1. The quantitative estimate of drug-likeness (QED) is 0.803. The number of halogens is 1. The van der Waals surface area contributed by atoms with E-state index in [9.17, 15) is 9.59 Å². The lowest BCUT2D eigenvalue weighted by Crippen LogP contribution is -2.50. The highest BCUT2D eigenvalue weighted by atomic mass is 35.5. The smallest absolute Gasteiger partial charge is 0.330 e. The molecule has 0 aliphatic heterocycles. The van der Waals surface area contributed by atoms with Crippen LogP contribution in [-0.4, -0.2) is 34.7 Å². The maximum absolute atomic E-state index is 11.9. The van der Waals surface area contributed by atoms with Crippen LogP contribution < -0.4 is 5.32 Å². The molecule has 1 amide bonds. The van der Waals surface area contributed by atoms with Crippen LogP contribution in [0.5, 0.6) is 0 Å². The summed E-state index contributed by atoms with van der Waals surface area (Å²) in [4.78, 5) is 27.7. The summed E-state index contributed by atoms with van der Waals surface area (Å²) < 4.78 is 9.77. The van der Waals surface area contributed by atoms with Crippen LogP contribution in [0, 0.1) is 0 Å². The zero-order valence-corrected chi connectivity index (χ0v) is 14.4. The van der Waals surface area contributed by atoms with Gasteiger partial charge in [0.1, 0.15) is 5.54 Å². The van der Waals surface area contributed by atoms with Crippen LogP contribution in [0.25, 0.3) is 11.4 Å². The molecule has 7 nitrogen and oxygen atoms in total. The third kappa shape index (κ3) is 4.55. The second-order valence-electron chi connectivity index (χ2n) is 5.68. The summed E-state index contributed by atoms with van der Waals surface area (Å²) in [6, 6.07) is 7.02. The highest BCUT2D eigenvalue weighted by molar-refractivity contribution is 6.30. The van der Waals surface area contributed by atoms with Gasteiger partial charge in [-0.1, -0.05) is 16.8 Å². The summed E-state index contributed by atoms with van der Waals surface area (Å²) in [6.45, 7) is 3.14. The fourth-order valence-electron chi connectivity index (χ4n) is 2.01. The maximum atomic E-state index is 11.9. The molecule has 0 bridgehead atoms. The van der Waals surface area contributed by atoms with E-state index in [-0.39, 0.29) is 18.7 Å². The number of benzene rings is 1. The molecule has 0 saturated carbocycles. The van der Waals surface area contributed by atoms with Crippen LogP contribution in [-0.2, 0) is 20.7 Å². The molecule has 1 aromatic carbocycles. The van der Waals surface area contributed by atoms with Crippen LogP contribution in [0.1, 0.15) is 26.2 Å². The van der Waals surface area contributed by atoms with Crippen LogP contribution in [0.3, 0.4) is 0 Å². The molecule has 0 atom stereocenters. The van der Waals surface area contributed by atoms with E-state index in [1.807, 2.05) is 0 Å². The predicted molar refractivity (Wildman–Crippen MR) is 87.3 cm³/mol. The summed E-state index contributed by atoms with van der Waals surface area (Å²) in [5.41, 5.74) is -0.319. The molecule has 2 rings (SSSR count). The molecule has 0 spiro atoms. The fraction of sp³-hybridized carbons (Fsp3) is 0.375. The number of hydrogen-bond acceptors (Lipinski definition) is 6. The molecule has 1 heterocycles. The third-order valence-corrected chi connectivity index (χ3v) is 3.54. The van der Waals surface area contributed by atoms with Crippen LogP contribution in [0.4, 0.5) is 0 Å². The Morgan fingerprint density at radius 1 is 1.29 bits per heavy atom. The van der Waals surface area contributed by atoms with E-state index in [0.717, 1.165) is 5.56 Å². The van der Waals surface area contributed by atoms with Gasteiger partial charge >= 0.3 is 5.97 Å². The minimum Gasteiger partial charge on any atom is -0.467 e. The molecule has 0 unspecified atom stereocenters. The Labute approximate surface area is 144 Å². The van der Waals surface area contributed by atoms with Gasteiger partial charge in [-0.05, 0) is 38.1 Å². The highest BCUT2D eigenvalue weighted by Gasteiger charge is 2.30. The molecule has 24 heavy (non-hydrogen) atoms. The monoisotopic (exact) mass is 351 g/mol. The number of hydrogen-bond donors (Lipinski definition) is 1. The first-order valence-electron chi connectivity index (χ1n) is 7.30. The van der Waals surface area contributed by atoms with Crippen molar-refractivity contribution in [1.29, 1.82) is 0 Å². The Bertz CT molecular complexity index is 725. The molecule has 2 aromatic rings. The van der Waals surface area contributed by atoms with Crippen LogP contribution in [0.15, 0.2) is 28.8 Å². The van der Waals surface area contributed by atoms with Gasteiger partial charge in [-0.3, -0.25) is 4.79 Å². The molecule has 1 N–H and O–H groups in total. The van der Waals surface area contributed by atoms with E-state index in [0.29, 0.717) is 16.7 Å². The highest BCUT2D eigenvalue weighted by Crippen LogP contribution is 2.19. The van der Waals surface area contributed by atoms with Crippen molar-refractivity contribution >= 4 is 23.5 Å². The normalized spacial score (nSPS) is 11.2. The number of carbonyl (C=O) groups is 2. The minimum absolute atomic E-state index is 0.114. The Morgan fingerprint density at radius 2 is 1.96 bits per heavy atom. The van der Waals surface area contributed by atoms with Crippen LogP contribution in [0.2, 0.25) is 5.02 Å². The van der Waals surface area contributed by atoms with E-state index in [2.05, 4.69) is 20.2 Å². The van der Waals surface area contributed by atoms with Crippen molar-refractivity contribution < 1.29 is 18.8 Å². The van der Waals surface area contributed by atoms with Gasteiger partial charge in [0, 0.05) is 23.4 Å². The molecular weight excluding hydrogens is 334 g/mol. The first-order valence-corrected chi connectivity index (χ1v) is 7.67. The zero-order valence-electron chi connectivity index (χ0n) is 13.6. The Balaban J connectivity index is 1.92. The number of ether oxygens (including phenoxy) is 1. The topological polar surface area (TPSA) is 94.3 Å². The minimum atomic E-state index is -1.09. The number of nitrogens with one attached hydrogen (secondary N) is 1. The predicted octanol–water partition coefficient (Wildman–Crippen LogP) is 2.39. The summed E-state index contributed by atoms with van der Waals surface area (Å²) in [5, 5.41) is 7.10. The molecular formula is C16H18ClN3O4. The Hall–Kier alpha value is -2.41. The van der Waals surface area contributed by atoms with Gasteiger partial charge in [-0.25, -0.2) is 4.79 Å². The first kappa shape index (κ1) is 17.9. The van der Waals surface area contributed by atoms with E-state index >= 15 is 0 Å². The lowest BCUT2D eigenvalue weighted by molar-refractivity contribution is -0.149. The second kappa shape index (κ2) is 7.44. The first-order chi connectivity index (χ1) is 11.3. The van der Waals surface area contributed by atoms with Gasteiger partial charge in [0.25, 0.3) is 0 Å². The molecule has 1 aromatic heterocycles. The van der Waals surface area contributed by atoms with Crippen molar-refractivity contribution in [2.24, 2.45) is 0 Å². The van der Waals surface area contributed by atoms with Gasteiger partial charge in [0.05, 0.1) is 7.11 Å². The number of nitrogens with zero attached hydrogens (tertiary/aromatic N) is 2. The SMILES string of the molecule is COC(=O)C(C)(C)NC(=O)CCc1nc(-c2ccc(Cl)cc2)no1. The summed E-state index contributed by atoms with van der Waals surface area (Å²) >= 11 is 5.83. The van der Waals surface area contributed by atoms with Gasteiger partial charge < -0.3 is 14.6 Å². The molecule has 8 heteroatoms. The molecule has 0 radical (unpaired) electrons. The molecule has 0 aliphatic rings. The van der Waals surface area contributed by atoms with Gasteiger partial charge in [-0.15, -0.1) is 0 Å². The summed E-state index contributed by atoms with van der Waals surface area (Å²) in [5.74, 6) is -0.0572. The molecule has 0 saturated heterocycles. The summed E-state index contributed by atoms with van der Waals surface area (Å²) in [6.07, 6.45) is 0.381. The van der Waals surface area contributed by atoms with E-state index in [1.54, 1.807) is 38.1 Å². The average Bonchev–Trinajstić information content (AvgIpc) is 3.01. The number of amides is 1. The van der Waals surface area contributed by atoms with Crippen molar-refractivity contribution in [2.45, 2.75) is 32.2 Å². The van der Waals surface area contributed by atoms with Crippen molar-refractivity contribution in [3.8, 4) is 11.4 Å². The Kier molecular flexibility index (Phi) is 5.56. The molecule has 0 fully saturated rings. The van der Waals surface area contributed by atoms with Crippen molar-refractivity contribution in [3.63, 3.8) is 0 Å². The van der Waals surface area contributed by atoms with Gasteiger partial charge in [0.15, 0.2) is 0 Å². The average molecular weight is 352 g/mol. The Morgan fingerprint density at radius 3 is 2.58 bits per heavy atom. The molecule has 0 aliphatic carbocycles. The van der Waals surface area contributed by atoms with E-state index < -0.39 is 11.5 Å². The maximum Gasteiger partial charge on any atom is 0.330 e. The number of aromatic nitrogens is 2. The number of methoxy groups -OCH3 is 1. The van der Waals surface area contributed by atoms with E-state index in [1.165, 1.54) is 7.11 Å². The number of aryl methyl sites for hydroxylation is 1. The largest absolute Gasteiger partial charge is 0.467 e. The zero-order chi connectivity index (χ0) is 17.7. The van der Waals surface area contributed by atoms with Gasteiger partial charge in [-0.2, -0.15) is 4.98 Å². The van der Waals surface area contributed by atoms with Crippen molar-refractivity contribution in [3.05, 3.63) is 35.2 Å². The number of esters is 1. The van der Waals surface area contributed by atoms with Crippen molar-refractivity contribution in [1.82, 2.24) is 15.5 Å². The van der Waals surface area contributed by atoms with E-state index in [4.69, 9.17) is 16.1 Å². The molecule has 128 valence electrons. The number of rotatable bonds is 6. The fourth-order valence-corrected chi connectivity index (χ4v) is 2.14. The lowest BCUT2D eigenvalue weighted by Gasteiger charge is -2.22.